The summed E-state index contributed by atoms with van der Waals surface area (Å²) in [4.78, 5) is 16.9. The van der Waals surface area contributed by atoms with Crippen molar-refractivity contribution in [2.24, 2.45) is 0 Å². The number of piperidine rings is 1. The van der Waals surface area contributed by atoms with Crippen LogP contribution in [0, 0.1) is 6.92 Å². The molecule has 1 N–H and O–H groups in total. The van der Waals surface area contributed by atoms with Crippen molar-refractivity contribution in [2.45, 2.75) is 50.2 Å². The molecule has 0 aromatic carbocycles. The fraction of sp³-hybridized carbons (Fsp3) is 0.789. The zero-order chi connectivity index (χ0) is 17.6. The number of aryl methyl sites for hydroxylation is 1. The highest BCUT2D eigenvalue weighted by molar-refractivity contribution is 5.43. The maximum absolute atomic E-state index is 9.62. The van der Waals surface area contributed by atoms with E-state index < -0.39 is 0 Å². The minimum atomic E-state index is -0.144. The number of nitrogens with zero attached hydrogens (tertiary/aromatic N) is 5. The predicted octanol–water partition coefficient (Wildman–Crippen LogP) is 1.24. The summed E-state index contributed by atoms with van der Waals surface area (Å²) >= 11 is 0. The summed E-state index contributed by atoms with van der Waals surface area (Å²) in [6, 6.07) is 2.18. The van der Waals surface area contributed by atoms with Crippen LogP contribution in [0.3, 0.4) is 0 Å². The van der Waals surface area contributed by atoms with Crippen molar-refractivity contribution < 1.29 is 5.11 Å². The summed E-state index contributed by atoms with van der Waals surface area (Å²) in [5.41, 5.74) is 1.39. The van der Waals surface area contributed by atoms with Gasteiger partial charge in [-0.1, -0.05) is 0 Å². The normalized spacial score (nSPS) is 30.5. The molecule has 0 atom stereocenters. The Labute approximate surface area is 150 Å². The Bertz CT molecular complexity index is 622. The first-order valence-electron chi connectivity index (χ1n) is 9.64. The highest BCUT2D eigenvalue weighted by Gasteiger charge is 2.42. The van der Waals surface area contributed by atoms with Crippen LogP contribution < -0.4 is 4.90 Å². The molecule has 0 radical (unpaired) electrons. The number of likely N-dealkylation sites (tertiary alicyclic amines) is 1. The van der Waals surface area contributed by atoms with Gasteiger partial charge in [-0.3, -0.25) is 4.90 Å². The van der Waals surface area contributed by atoms with E-state index in [0.29, 0.717) is 5.92 Å². The smallest absolute Gasteiger partial charge is 0.132 e. The van der Waals surface area contributed by atoms with Crippen molar-refractivity contribution in [3.05, 3.63) is 17.6 Å². The summed E-state index contributed by atoms with van der Waals surface area (Å²) in [5, 5.41) is 9.62. The fourth-order valence-corrected chi connectivity index (χ4v) is 4.61. The molecular formula is C19H31N5O. The van der Waals surface area contributed by atoms with Gasteiger partial charge in [-0.25, -0.2) is 9.97 Å². The van der Waals surface area contributed by atoms with E-state index >= 15 is 0 Å². The molecule has 3 heterocycles. The molecule has 138 valence electrons. The van der Waals surface area contributed by atoms with Crippen molar-refractivity contribution in [2.75, 3.05) is 51.7 Å². The van der Waals surface area contributed by atoms with E-state index in [0.717, 1.165) is 49.8 Å². The number of anilines is 1. The molecular weight excluding hydrogens is 314 g/mol. The van der Waals surface area contributed by atoms with Gasteiger partial charge in [-0.15, -0.1) is 0 Å². The van der Waals surface area contributed by atoms with Gasteiger partial charge in [0, 0.05) is 42.9 Å². The van der Waals surface area contributed by atoms with E-state index in [-0.39, 0.29) is 11.6 Å². The second-order valence-electron chi connectivity index (χ2n) is 8.39. The van der Waals surface area contributed by atoms with Crippen molar-refractivity contribution in [1.82, 2.24) is 19.8 Å². The van der Waals surface area contributed by atoms with E-state index in [4.69, 9.17) is 4.98 Å². The lowest BCUT2D eigenvalue weighted by molar-refractivity contribution is 0.0383. The molecule has 1 spiro atoms. The summed E-state index contributed by atoms with van der Waals surface area (Å²) in [6.07, 6.45) is 3.99. The molecule has 0 bridgehead atoms. The van der Waals surface area contributed by atoms with Crippen molar-refractivity contribution >= 4 is 5.82 Å². The van der Waals surface area contributed by atoms with Gasteiger partial charge in [0.15, 0.2) is 0 Å². The molecule has 6 nitrogen and oxygen atoms in total. The monoisotopic (exact) mass is 345 g/mol. The second kappa shape index (κ2) is 6.49. The topological polar surface area (TPSA) is 55.7 Å². The lowest BCUT2D eigenvalue weighted by Gasteiger charge is -2.53. The average Bonchev–Trinajstić information content (AvgIpc) is 2.56. The van der Waals surface area contributed by atoms with Gasteiger partial charge in [0.1, 0.15) is 11.6 Å². The maximum Gasteiger partial charge on any atom is 0.132 e. The number of rotatable bonds is 2. The van der Waals surface area contributed by atoms with Crippen LogP contribution in [0.25, 0.3) is 0 Å². The number of hydrogen-bond acceptors (Lipinski definition) is 6. The molecule has 0 amide bonds. The molecule has 6 heteroatoms. The Balaban J connectivity index is 1.55. The standard InChI is InChI=1S/C19H31N5O/c1-14-20-17(15-10-16(25)11-15)12-18(21-14)24-9-8-23(3)19(13-24)4-6-22(2)7-5-19/h12,15-16,25H,4-11,13H2,1-3H3. The minimum absolute atomic E-state index is 0.144. The van der Waals surface area contributed by atoms with E-state index in [1.54, 1.807) is 0 Å². The molecule has 25 heavy (non-hydrogen) atoms. The Morgan fingerprint density at radius 2 is 1.80 bits per heavy atom. The number of aromatic nitrogens is 2. The zero-order valence-electron chi connectivity index (χ0n) is 15.8. The third kappa shape index (κ3) is 3.27. The van der Waals surface area contributed by atoms with Gasteiger partial charge < -0.3 is 14.9 Å². The summed E-state index contributed by atoms with van der Waals surface area (Å²) in [6.45, 7) is 7.50. The van der Waals surface area contributed by atoms with E-state index in [1.165, 1.54) is 25.9 Å². The Hall–Kier alpha value is -1.24. The molecule has 4 rings (SSSR count). The average molecular weight is 345 g/mol. The minimum Gasteiger partial charge on any atom is -0.393 e. The second-order valence-corrected chi connectivity index (χ2v) is 8.39. The van der Waals surface area contributed by atoms with Gasteiger partial charge in [-0.2, -0.15) is 0 Å². The largest absolute Gasteiger partial charge is 0.393 e. The molecule has 2 saturated heterocycles. The molecule has 1 aromatic rings. The number of aliphatic hydroxyl groups is 1. The first kappa shape index (κ1) is 17.2. The Kier molecular flexibility index (Phi) is 4.46. The van der Waals surface area contributed by atoms with Crippen LogP contribution in [0.15, 0.2) is 6.07 Å². The highest BCUT2D eigenvalue weighted by atomic mass is 16.3. The lowest BCUT2D eigenvalue weighted by Crippen LogP contribution is -2.64. The van der Waals surface area contributed by atoms with Crippen molar-refractivity contribution in [3.8, 4) is 0 Å². The van der Waals surface area contributed by atoms with E-state index in [1.807, 2.05) is 6.92 Å². The third-order valence-electron chi connectivity index (χ3n) is 6.62. The van der Waals surface area contributed by atoms with Crippen LogP contribution in [0.1, 0.15) is 43.1 Å². The van der Waals surface area contributed by atoms with Gasteiger partial charge in [0.05, 0.1) is 6.10 Å². The summed E-state index contributed by atoms with van der Waals surface area (Å²) < 4.78 is 0. The third-order valence-corrected chi connectivity index (χ3v) is 6.62. The van der Waals surface area contributed by atoms with Gasteiger partial charge in [0.25, 0.3) is 0 Å². The number of aliphatic hydroxyl groups excluding tert-OH is 1. The summed E-state index contributed by atoms with van der Waals surface area (Å²) in [7, 11) is 4.51. The van der Waals surface area contributed by atoms with Crippen LogP contribution in [-0.2, 0) is 0 Å². The number of piperazine rings is 1. The number of likely N-dealkylation sites (N-methyl/N-ethyl adjacent to an activating group) is 1. The molecule has 2 aliphatic heterocycles. The molecule has 1 aromatic heterocycles. The molecule has 0 unspecified atom stereocenters. The van der Waals surface area contributed by atoms with Gasteiger partial charge >= 0.3 is 0 Å². The Morgan fingerprint density at radius 3 is 2.48 bits per heavy atom. The molecule has 1 saturated carbocycles. The number of hydrogen-bond donors (Lipinski definition) is 1. The fourth-order valence-electron chi connectivity index (χ4n) is 4.61. The predicted molar refractivity (Wildman–Crippen MR) is 99.1 cm³/mol. The first-order valence-corrected chi connectivity index (χ1v) is 9.64. The van der Waals surface area contributed by atoms with Crippen LogP contribution in [0.4, 0.5) is 5.82 Å². The van der Waals surface area contributed by atoms with Crippen LogP contribution in [-0.4, -0.2) is 83.3 Å². The van der Waals surface area contributed by atoms with Crippen molar-refractivity contribution in [1.29, 1.82) is 0 Å². The first-order chi connectivity index (χ1) is 11.9. The lowest BCUT2D eigenvalue weighted by atomic mass is 9.80. The molecule has 1 aliphatic carbocycles. The van der Waals surface area contributed by atoms with E-state index in [9.17, 15) is 5.11 Å². The summed E-state index contributed by atoms with van der Waals surface area (Å²) in [5.74, 6) is 2.33. The highest BCUT2D eigenvalue weighted by Crippen LogP contribution is 2.38. The van der Waals surface area contributed by atoms with Crippen molar-refractivity contribution in [3.63, 3.8) is 0 Å². The van der Waals surface area contributed by atoms with E-state index in [2.05, 4.69) is 39.8 Å². The van der Waals surface area contributed by atoms with Gasteiger partial charge in [0.2, 0.25) is 0 Å². The maximum atomic E-state index is 9.62. The Morgan fingerprint density at radius 1 is 1.08 bits per heavy atom. The zero-order valence-corrected chi connectivity index (χ0v) is 15.8. The van der Waals surface area contributed by atoms with Gasteiger partial charge in [-0.05, 0) is 59.8 Å². The van der Waals surface area contributed by atoms with Crippen LogP contribution in [0.5, 0.6) is 0 Å². The quantitative estimate of drug-likeness (QED) is 0.870. The molecule has 3 fully saturated rings. The SMILES string of the molecule is Cc1nc(C2CC(O)C2)cc(N2CCN(C)C3(CCN(C)CC3)C2)n1. The van der Waals surface area contributed by atoms with Crippen LogP contribution in [0.2, 0.25) is 0 Å². The molecule has 3 aliphatic rings. The van der Waals surface area contributed by atoms with Crippen LogP contribution >= 0.6 is 0 Å².